The Labute approximate surface area is 168 Å². The fourth-order valence-corrected chi connectivity index (χ4v) is 2.95. The van der Waals surface area contributed by atoms with Gasteiger partial charge in [-0.2, -0.15) is 0 Å². The highest BCUT2D eigenvalue weighted by Gasteiger charge is 2.10. The van der Waals surface area contributed by atoms with Crippen molar-refractivity contribution in [3.05, 3.63) is 83.0 Å². The van der Waals surface area contributed by atoms with Crippen molar-refractivity contribution in [1.29, 1.82) is 0 Å². The Morgan fingerprint density at radius 2 is 1.44 bits per heavy atom. The molecule has 0 nitrogen and oxygen atoms in total. The topological polar surface area (TPSA) is 0 Å². The second-order valence-electron chi connectivity index (χ2n) is 9.51. The Bertz CT molecular complexity index is 681. The van der Waals surface area contributed by atoms with Gasteiger partial charge in [0.1, 0.15) is 0 Å². The van der Waals surface area contributed by atoms with E-state index in [-0.39, 0.29) is 0 Å². The molecule has 0 bridgehead atoms. The highest BCUT2D eigenvalue weighted by molar-refractivity contribution is 5.46. The fourth-order valence-electron chi connectivity index (χ4n) is 2.95. The van der Waals surface area contributed by atoms with Crippen molar-refractivity contribution in [3.8, 4) is 0 Å². The molecule has 27 heavy (non-hydrogen) atoms. The highest BCUT2D eigenvalue weighted by Crippen LogP contribution is 2.28. The molecule has 148 valence electrons. The molecule has 1 atom stereocenters. The van der Waals surface area contributed by atoms with Gasteiger partial charge in [0, 0.05) is 5.92 Å². The highest BCUT2D eigenvalue weighted by atomic mass is 14.2. The van der Waals surface area contributed by atoms with Crippen LogP contribution >= 0.6 is 0 Å². The van der Waals surface area contributed by atoms with Crippen LogP contribution in [0, 0.1) is 5.41 Å². The minimum Gasteiger partial charge on any atom is -0.0995 e. The van der Waals surface area contributed by atoms with Gasteiger partial charge in [0.2, 0.25) is 0 Å². The summed E-state index contributed by atoms with van der Waals surface area (Å²) in [6.45, 7) is 23.3. The van der Waals surface area contributed by atoms with Crippen LogP contribution in [-0.2, 0) is 6.42 Å². The third-order valence-corrected chi connectivity index (χ3v) is 4.61. The average molecular weight is 365 g/mol. The molecule has 0 saturated heterocycles. The molecule has 1 aromatic rings. The van der Waals surface area contributed by atoms with Gasteiger partial charge in [-0.3, -0.25) is 0 Å². The van der Waals surface area contributed by atoms with Crippen molar-refractivity contribution in [2.45, 2.75) is 80.1 Å². The first-order chi connectivity index (χ1) is 12.5. The average Bonchev–Trinajstić information content (AvgIpc) is 2.58. The predicted octanol–water partition coefficient (Wildman–Crippen LogP) is 8.57. The Balaban J connectivity index is 0.000000646. The maximum Gasteiger partial charge on any atom is 0.00143 e. The molecule has 0 radical (unpaired) electrons. The Kier molecular flexibility index (Phi) is 9.03. The summed E-state index contributed by atoms with van der Waals surface area (Å²) in [5.74, 6) is 0.438. The van der Waals surface area contributed by atoms with Crippen molar-refractivity contribution in [1.82, 2.24) is 0 Å². The molecule has 2 rings (SSSR count). The quantitative estimate of drug-likeness (QED) is 0.443. The molecule has 0 fully saturated rings. The summed E-state index contributed by atoms with van der Waals surface area (Å²) < 4.78 is 0. The molecule has 0 saturated carbocycles. The standard InChI is InChI=1S/C22H28.C5H12/c1-16(2)18(5)20-13-10-19(11-14-20)12-15-21-8-6-7-9-22(21)17(3)4;1-5(2,3)4/h8-11,13-14,18H,1,3,6-7,12,15H2,2,4-5H3;1-4H3. The summed E-state index contributed by atoms with van der Waals surface area (Å²) in [5.41, 5.74) is 8.52. The van der Waals surface area contributed by atoms with Crippen LogP contribution in [0.25, 0.3) is 0 Å². The number of hydrogen-bond donors (Lipinski definition) is 0. The lowest BCUT2D eigenvalue weighted by atomic mass is 9.88. The molecule has 0 N–H and O–H groups in total. The van der Waals surface area contributed by atoms with Gasteiger partial charge >= 0.3 is 0 Å². The van der Waals surface area contributed by atoms with E-state index in [4.69, 9.17) is 0 Å². The molecule has 0 heterocycles. The third kappa shape index (κ3) is 9.09. The molecular weight excluding hydrogens is 324 g/mol. The van der Waals surface area contributed by atoms with Gasteiger partial charge in [-0.25, -0.2) is 0 Å². The summed E-state index contributed by atoms with van der Waals surface area (Å²) in [6.07, 6.45) is 9.25. The van der Waals surface area contributed by atoms with E-state index >= 15 is 0 Å². The van der Waals surface area contributed by atoms with Crippen LogP contribution < -0.4 is 0 Å². The molecule has 1 aliphatic rings. The van der Waals surface area contributed by atoms with Crippen molar-refractivity contribution >= 4 is 0 Å². The lowest BCUT2D eigenvalue weighted by Crippen LogP contribution is -1.99. The largest absolute Gasteiger partial charge is 0.0995 e. The van der Waals surface area contributed by atoms with E-state index in [0.29, 0.717) is 11.3 Å². The molecule has 0 heteroatoms. The molecule has 1 aromatic carbocycles. The zero-order chi connectivity index (χ0) is 20.6. The maximum absolute atomic E-state index is 4.11. The first kappa shape index (κ1) is 23.2. The van der Waals surface area contributed by atoms with E-state index < -0.39 is 0 Å². The molecule has 1 unspecified atom stereocenters. The number of benzene rings is 1. The summed E-state index contributed by atoms with van der Waals surface area (Å²) in [5, 5.41) is 0. The van der Waals surface area contributed by atoms with Gasteiger partial charge in [-0.05, 0) is 67.2 Å². The molecule has 0 aromatic heterocycles. The van der Waals surface area contributed by atoms with Crippen LogP contribution in [-0.4, -0.2) is 0 Å². The SMILES string of the molecule is C=C(C)C1=CCCC=C1CCc1ccc(C(C)C(=C)C)cc1.CC(C)(C)C. The van der Waals surface area contributed by atoms with E-state index in [1.165, 1.54) is 39.8 Å². The lowest BCUT2D eigenvalue weighted by molar-refractivity contribution is 0.469. The number of rotatable bonds is 6. The van der Waals surface area contributed by atoms with Gasteiger partial charge in [-0.1, -0.05) is 95.3 Å². The van der Waals surface area contributed by atoms with Crippen LogP contribution in [0.4, 0.5) is 0 Å². The number of aryl methyl sites for hydroxylation is 1. The first-order valence-corrected chi connectivity index (χ1v) is 10.3. The van der Waals surface area contributed by atoms with Crippen LogP contribution in [0.1, 0.15) is 84.8 Å². The Hall–Kier alpha value is -1.82. The fraction of sp³-hybridized carbons (Fsp3) is 0.481. The summed E-state index contributed by atoms with van der Waals surface area (Å²) in [4.78, 5) is 0. The zero-order valence-corrected chi connectivity index (χ0v) is 18.8. The number of allylic oxidation sites excluding steroid dienone is 6. The first-order valence-electron chi connectivity index (χ1n) is 10.3. The normalized spacial score (nSPS) is 15.1. The van der Waals surface area contributed by atoms with Gasteiger partial charge in [-0.15, -0.1) is 0 Å². The summed E-state index contributed by atoms with van der Waals surface area (Å²) >= 11 is 0. The Morgan fingerprint density at radius 3 is 1.93 bits per heavy atom. The van der Waals surface area contributed by atoms with Gasteiger partial charge < -0.3 is 0 Å². The van der Waals surface area contributed by atoms with Crippen LogP contribution in [0.2, 0.25) is 0 Å². The van der Waals surface area contributed by atoms with Crippen molar-refractivity contribution in [2.75, 3.05) is 0 Å². The van der Waals surface area contributed by atoms with E-state index in [1.54, 1.807) is 0 Å². The van der Waals surface area contributed by atoms with Crippen molar-refractivity contribution < 1.29 is 0 Å². The van der Waals surface area contributed by atoms with Gasteiger partial charge in [0.25, 0.3) is 0 Å². The van der Waals surface area contributed by atoms with E-state index in [2.05, 4.69) is 98.0 Å². The van der Waals surface area contributed by atoms with Crippen molar-refractivity contribution in [2.24, 2.45) is 5.41 Å². The van der Waals surface area contributed by atoms with E-state index in [0.717, 1.165) is 19.3 Å². The molecule has 0 amide bonds. The maximum atomic E-state index is 4.11. The van der Waals surface area contributed by atoms with E-state index in [1.807, 2.05) is 0 Å². The van der Waals surface area contributed by atoms with Gasteiger partial charge in [0.15, 0.2) is 0 Å². The second kappa shape index (κ2) is 10.5. The summed E-state index contributed by atoms with van der Waals surface area (Å²) in [7, 11) is 0. The van der Waals surface area contributed by atoms with Crippen LogP contribution in [0.3, 0.4) is 0 Å². The molecular formula is C27H40. The van der Waals surface area contributed by atoms with Crippen LogP contribution in [0.15, 0.2) is 71.9 Å². The molecule has 1 aliphatic carbocycles. The predicted molar refractivity (Wildman–Crippen MR) is 123 cm³/mol. The molecule has 0 spiro atoms. The summed E-state index contributed by atoms with van der Waals surface area (Å²) in [6, 6.07) is 9.03. The minimum atomic E-state index is 0.438. The van der Waals surface area contributed by atoms with Crippen LogP contribution in [0.5, 0.6) is 0 Å². The zero-order valence-electron chi connectivity index (χ0n) is 18.8. The smallest absolute Gasteiger partial charge is 0.00143 e. The monoisotopic (exact) mass is 364 g/mol. The van der Waals surface area contributed by atoms with Gasteiger partial charge in [0.05, 0.1) is 0 Å². The second-order valence-corrected chi connectivity index (χ2v) is 9.51. The minimum absolute atomic E-state index is 0.438. The van der Waals surface area contributed by atoms with E-state index in [9.17, 15) is 0 Å². The molecule has 0 aliphatic heterocycles. The Morgan fingerprint density at radius 1 is 0.926 bits per heavy atom. The number of hydrogen-bond acceptors (Lipinski definition) is 0. The van der Waals surface area contributed by atoms with Crippen molar-refractivity contribution in [3.63, 3.8) is 0 Å². The third-order valence-electron chi connectivity index (χ3n) is 4.61. The lowest BCUT2D eigenvalue weighted by Gasteiger charge is -2.17.